The van der Waals surface area contributed by atoms with Crippen LogP contribution in [0.25, 0.3) is 0 Å². The van der Waals surface area contributed by atoms with E-state index in [2.05, 4.69) is 0 Å². The molecule has 1 aliphatic heterocycles. The van der Waals surface area contributed by atoms with E-state index in [9.17, 15) is 9.59 Å². The van der Waals surface area contributed by atoms with Crippen LogP contribution in [0.4, 0.5) is 0 Å². The van der Waals surface area contributed by atoms with Crippen LogP contribution in [0.3, 0.4) is 0 Å². The maximum atomic E-state index is 11.9. The van der Waals surface area contributed by atoms with E-state index in [0.29, 0.717) is 19.4 Å². The molecule has 3 atom stereocenters. The van der Waals surface area contributed by atoms with Gasteiger partial charge in [0.15, 0.2) is 0 Å². The van der Waals surface area contributed by atoms with Crippen molar-refractivity contribution in [3.05, 3.63) is 0 Å². The summed E-state index contributed by atoms with van der Waals surface area (Å²) in [5.41, 5.74) is 5.75. The molecule has 1 aliphatic rings. The lowest BCUT2D eigenvalue weighted by atomic mass is 10.0. The molecule has 0 aromatic heterocycles. The average Bonchev–Trinajstić information content (AvgIpc) is 2.59. The lowest BCUT2D eigenvalue weighted by Crippen LogP contribution is -2.46. The van der Waals surface area contributed by atoms with E-state index in [0.717, 1.165) is 6.42 Å². The Morgan fingerprint density at radius 2 is 2.19 bits per heavy atom. The highest BCUT2D eigenvalue weighted by atomic mass is 16.4. The minimum atomic E-state index is -0.827. The van der Waals surface area contributed by atoms with Crippen LogP contribution in [0, 0.1) is 5.92 Å². The van der Waals surface area contributed by atoms with Crippen LogP contribution in [0.1, 0.15) is 33.1 Å². The molecular weight excluding hydrogens is 208 g/mol. The third-order valence-electron chi connectivity index (χ3n) is 3.27. The van der Waals surface area contributed by atoms with Crippen LogP contribution in [0.2, 0.25) is 0 Å². The summed E-state index contributed by atoms with van der Waals surface area (Å²) in [6, 6.07) is -0.729. The van der Waals surface area contributed by atoms with Crippen LogP contribution < -0.4 is 5.73 Å². The van der Waals surface area contributed by atoms with Crippen LogP contribution in [0.5, 0.6) is 0 Å². The van der Waals surface area contributed by atoms with Gasteiger partial charge in [-0.05, 0) is 19.8 Å². The highest BCUT2D eigenvalue weighted by molar-refractivity contribution is 5.83. The SMILES string of the molecule is CCC[C@H](N)C(=O)N1CCC(C(=O)O)C1C. The number of carboxylic acid groups (broad SMARTS) is 1. The number of carboxylic acids is 1. The van der Waals surface area contributed by atoms with Crippen molar-refractivity contribution in [2.24, 2.45) is 11.7 Å². The van der Waals surface area contributed by atoms with E-state index in [1.165, 1.54) is 0 Å². The fraction of sp³-hybridized carbons (Fsp3) is 0.818. The second-order valence-electron chi connectivity index (χ2n) is 4.40. The molecule has 16 heavy (non-hydrogen) atoms. The maximum Gasteiger partial charge on any atom is 0.308 e. The van der Waals surface area contributed by atoms with Gasteiger partial charge < -0.3 is 15.7 Å². The van der Waals surface area contributed by atoms with Crippen molar-refractivity contribution >= 4 is 11.9 Å². The molecule has 1 heterocycles. The van der Waals surface area contributed by atoms with Crippen LogP contribution in [0.15, 0.2) is 0 Å². The van der Waals surface area contributed by atoms with Gasteiger partial charge in [0.2, 0.25) is 5.91 Å². The molecular formula is C11H20N2O3. The zero-order valence-electron chi connectivity index (χ0n) is 9.85. The van der Waals surface area contributed by atoms with Gasteiger partial charge >= 0.3 is 5.97 Å². The first-order valence-corrected chi connectivity index (χ1v) is 5.77. The van der Waals surface area contributed by atoms with Gasteiger partial charge in [0.1, 0.15) is 0 Å². The first-order chi connectivity index (χ1) is 7.49. The Morgan fingerprint density at radius 3 is 2.62 bits per heavy atom. The molecule has 0 aromatic rings. The van der Waals surface area contributed by atoms with Crippen molar-refractivity contribution in [3.8, 4) is 0 Å². The van der Waals surface area contributed by atoms with Gasteiger partial charge in [0.05, 0.1) is 12.0 Å². The molecule has 0 spiro atoms. The van der Waals surface area contributed by atoms with Gasteiger partial charge in [0, 0.05) is 12.6 Å². The number of nitrogens with zero attached hydrogens (tertiary/aromatic N) is 1. The van der Waals surface area contributed by atoms with E-state index >= 15 is 0 Å². The first kappa shape index (κ1) is 13.0. The van der Waals surface area contributed by atoms with Gasteiger partial charge in [-0.3, -0.25) is 9.59 Å². The number of carbonyl (C=O) groups is 2. The molecule has 5 heteroatoms. The molecule has 92 valence electrons. The molecule has 0 bridgehead atoms. The third kappa shape index (κ3) is 2.52. The fourth-order valence-electron chi connectivity index (χ4n) is 2.23. The highest BCUT2D eigenvalue weighted by Crippen LogP contribution is 2.25. The Labute approximate surface area is 95.6 Å². The first-order valence-electron chi connectivity index (χ1n) is 5.77. The smallest absolute Gasteiger partial charge is 0.308 e. The Bertz CT molecular complexity index is 280. The molecule has 2 unspecified atom stereocenters. The lowest BCUT2D eigenvalue weighted by molar-refractivity contribution is -0.143. The molecule has 0 aromatic carbocycles. The molecule has 0 radical (unpaired) electrons. The van der Waals surface area contributed by atoms with Crippen molar-refractivity contribution in [2.75, 3.05) is 6.54 Å². The zero-order chi connectivity index (χ0) is 12.3. The Balaban J connectivity index is 2.62. The molecule has 1 fully saturated rings. The lowest BCUT2D eigenvalue weighted by Gasteiger charge is -2.26. The quantitative estimate of drug-likeness (QED) is 0.731. The normalized spacial score (nSPS) is 26.8. The van der Waals surface area contributed by atoms with Gasteiger partial charge in [-0.25, -0.2) is 0 Å². The monoisotopic (exact) mass is 228 g/mol. The summed E-state index contributed by atoms with van der Waals surface area (Å²) in [5, 5.41) is 8.96. The number of likely N-dealkylation sites (tertiary alicyclic amines) is 1. The zero-order valence-corrected chi connectivity index (χ0v) is 9.85. The van der Waals surface area contributed by atoms with Crippen molar-refractivity contribution in [1.82, 2.24) is 4.90 Å². The standard InChI is InChI=1S/C11H20N2O3/c1-3-4-9(12)10(14)13-6-5-8(7(13)2)11(15)16/h7-9H,3-6,12H2,1-2H3,(H,15,16)/t7?,8?,9-/m0/s1. The Kier molecular flexibility index (Phi) is 4.29. The second kappa shape index (κ2) is 5.30. The average molecular weight is 228 g/mol. The van der Waals surface area contributed by atoms with E-state index in [4.69, 9.17) is 10.8 Å². The molecule has 0 aliphatic carbocycles. The Hall–Kier alpha value is -1.10. The van der Waals surface area contributed by atoms with Crippen LogP contribution >= 0.6 is 0 Å². The van der Waals surface area contributed by atoms with Crippen LogP contribution in [-0.4, -0.2) is 40.5 Å². The summed E-state index contributed by atoms with van der Waals surface area (Å²) >= 11 is 0. The molecule has 0 saturated carbocycles. The summed E-state index contributed by atoms with van der Waals surface area (Å²) in [7, 11) is 0. The largest absolute Gasteiger partial charge is 0.481 e. The summed E-state index contributed by atoms with van der Waals surface area (Å²) in [6.07, 6.45) is 2.04. The number of aliphatic carboxylic acids is 1. The topological polar surface area (TPSA) is 83.6 Å². The molecule has 1 rings (SSSR count). The van der Waals surface area contributed by atoms with Crippen molar-refractivity contribution in [2.45, 2.75) is 45.2 Å². The Morgan fingerprint density at radius 1 is 1.56 bits per heavy atom. The molecule has 1 amide bonds. The summed E-state index contributed by atoms with van der Waals surface area (Å²) < 4.78 is 0. The van der Waals surface area contributed by atoms with E-state index < -0.39 is 17.9 Å². The molecule has 5 nitrogen and oxygen atoms in total. The van der Waals surface area contributed by atoms with E-state index in [-0.39, 0.29) is 11.9 Å². The summed E-state index contributed by atoms with van der Waals surface area (Å²) in [5.74, 6) is -1.39. The number of rotatable bonds is 4. The van der Waals surface area contributed by atoms with E-state index in [1.807, 2.05) is 6.92 Å². The van der Waals surface area contributed by atoms with Crippen LogP contribution in [-0.2, 0) is 9.59 Å². The number of hydrogen-bond acceptors (Lipinski definition) is 3. The predicted octanol–water partition coefficient (Wildman–Crippen LogP) is 0.435. The van der Waals surface area contributed by atoms with Gasteiger partial charge in [-0.1, -0.05) is 13.3 Å². The highest BCUT2D eigenvalue weighted by Gasteiger charge is 2.39. The number of carbonyl (C=O) groups excluding carboxylic acids is 1. The number of amides is 1. The van der Waals surface area contributed by atoms with Crippen molar-refractivity contribution < 1.29 is 14.7 Å². The van der Waals surface area contributed by atoms with Crippen molar-refractivity contribution in [3.63, 3.8) is 0 Å². The maximum absolute atomic E-state index is 11.9. The summed E-state index contributed by atoms with van der Waals surface area (Å²) in [6.45, 7) is 4.26. The molecule has 3 N–H and O–H groups in total. The fourth-order valence-corrected chi connectivity index (χ4v) is 2.23. The molecule has 1 saturated heterocycles. The van der Waals surface area contributed by atoms with Gasteiger partial charge in [-0.15, -0.1) is 0 Å². The third-order valence-corrected chi connectivity index (χ3v) is 3.27. The second-order valence-corrected chi connectivity index (χ2v) is 4.40. The van der Waals surface area contributed by atoms with Gasteiger partial charge in [-0.2, -0.15) is 0 Å². The number of nitrogens with two attached hydrogens (primary N) is 1. The number of hydrogen-bond donors (Lipinski definition) is 2. The minimum Gasteiger partial charge on any atom is -0.481 e. The van der Waals surface area contributed by atoms with Crippen molar-refractivity contribution in [1.29, 1.82) is 0 Å². The minimum absolute atomic E-state index is 0.113. The predicted molar refractivity (Wildman–Crippen MR) is 59.8 cm³/mol. The summed E-state index contributed by atoms with van der Waals surface area (Å²) in [4.78, 5) is 24.4. The van der Waals surface area contributed by atoms with Gasteiger partial charge in [0.25, 0.3) is 0 Å². The van der Waals surface area contributed by atoms with E-state index in [1.54, 1.807) is 11.8 Å².